The van der Waals surface area contributed by atoms with E-state index >= 15 is 0 Å². The van der Waals surface area contributed by atoms with Crippen molar-refractivity contribution in [1.82, 2.24) is 0 Å². The number of halogens is 2. The summed E-state index contributed by atoms with van der Waals surface area (Å²) >= 11 is 1.91. The zero-order valence-corrected chi connectivity index (χ0v) is 12.3. The Labute approximate surface area is 124 Å². The maximum Gasteiger partial charge on any atom is 0.138 e. The molecule has 0 aromatic heterocycles. The zero-order chi connectivity index (χ0) is 13.8. The van der Waals surface area contributed by atoms with Crippen molar-refractivity contribution >= 4 is 34.0 Å². The molecular weight excluding hydrogens is 358 g/mol. The van der Waals surface area contributed by atoms with Crippen LogP contribution in [0.25, 0.3) is 0 Å². The Morgan fingerprint density at radius 1 is 1.21 bits per heavy atom. The molecule has 0 aliphatic rings. The molecule has 0 amide bonds. The minimum absolute atomic E-state index is 0.00807. The third-order valence-corrected chi connectivity index (χ3v) is 3.58. The highest BCUT2D eigenvalue weighted by atomic mass is 127. The van der Waals surface area contributed by atoms with Crippen LogP contribution >= 0.6 is 22.6 Å². The minimum atomic E-state index is -0.290. The van der Waals surface area contributed by atoms with E-state index in [1.807, 2.05) is 46.9 Å². The molecule has 0 bridgehead atoms. The van der Waals surface area contributed by atoms with Crippen molar-refractivity contribution < 1.29 is 9.50 Å². The largest absolute Gasteiger partial charge is 0.397 e. The van der Waals surface area contributed by atoms with Crippen molar-refractivity contribution in [1.29, 1.82) is 0 Å². The fraction of sp³-hybridized carbons (Fsp3) is 0.143. The molecule has 2 aromatic rings. The molecule has 0 aliphatic heterocycles. The zero-order valence-electron chi connectivity index (χ0n) is 10.2. The van der Waals surface area contributed by atoms with Gasteiger partial charge in [0.15, 0.2) is 0 Å². The van der Waals surface area contributed by atoms with Crippen LogP contribution in [0.5, 0.6) is 0 Å². The van der Waals surface area contributed by atoms with Crippen molar-refractivity contribution in [3.63, 3.8) is 0 Å². The second-order valence-corrected chi connectivity index (χ2v) is 5.35. The van der Waals surface area contributed by atoms with Gasteiger partial charge in [0.1, 0.15) is 5.82 Å². The van der Waals surface area contributed by atoms with Gasteiger partial charge in [0.25, 0.3) is 0 Å². The average molecular weight is 372 g/mol. The normalized spacial score (nSPS) is 10.5. The van der Waals surface area contributed by atoms with Crippen LogP contribution in [0.2, 0.25) is 0 Å². The van der Waals surface area contributed by atoms with Gasteiger partial charge in [-0.15, -0.1) is 0 Å². The van der Waals surface area contributed by atoms with Crippen molar-refractivity contribution in [3.05, 3.63) is 56.9 Å². The lowest BCUT2D eigenvalue weighted by Gasteiger charge is -2.11. The number of anilines is 2. The molecule has 3 nitrogen and oxygen atoms in total. The molecule has 100 valence electrons. The van der Waals surface area contributed by atoms with E-state index in [0.717, 1.165) is 11.1 Å². The predicted octanol–water partition coefficient (Wildman–Crippen LogP) is 3.12. The van der Waals surface area contributed by atoms with E-state index in [1.165, 1.54) is 6.07 Å². The second kappa shape index (κ2) is 6.21. The fourth-order valence-corrected chi connectivity index (χ4v) is 2.24. The number of nitrogens with one attached hydrogen (secondary N) is 1. The van der Waals surface area contributed by atoms with E-state index in [-0.39, 0.29) is 12.4 Å². The lowest BCUT2D eigenvalue weighted by Crippen LogP contribution is -2.04. The van der Waals surface area contributed by atoms with Gasteiger partial charge in [-0.25, -0.2) is 4.39 Å². The van der Waals surface area contributed by atoms with Crippen LogP contribution in [0.4, 0.5) is 15.8 Å². The molecule has 0 radical (unpaired) electrons. The number of nitrogen functional groups attached to an aromatic ring is 1. The van der Waals surface area contributed by atoms with Gasteiger partial charge in [-0.1, -0.05) is 24.3 Å². The Bertz CT molecular complexity index is 590. The number of aliphatic hydroxyl groups excluding tert-OH is 1. The molecule has 5 heteroatoms. The number of aliphatic hydroxyl groups is 1. The van der Waals surface area contributed by atoms with E-state index in [1.54, 1.807) is 6.07 Å². The summed E-state index contributed by atoms with van der Waals surface area (Å²) in [5.74, 6) is -0.290. The van der Waals surface area contributed by atoms with Gasteiger partial charge in [-0.2, -0.15) is 0 Å². The van der Waals surface area contributed by atoms with Gasteiger partial charge in [0, 0.05) is 12.6 Å². The first-order valence-electron chi connectivity index (χ1n) is 5.77. The van der Waals surface area contributed by atoms with E-state index in [0.29, 0.717) is 21.5 Å². The van der Waals surface area contributed by atoms with E-state index in [9.17, 15) is 4.39 Å². The number of rotatable bonds is 4. The summed E-state index contributed by atoms with van der Waals surface area (Å²) in [5, 5.41) is 12.2. The van der Waals surface area contributed by atoms with Gasteiger partial charge in [0.05, 0.1) is 21.6 Å². The number of hydrogen-bond acceptors (Lipinski definition) is 3. The topological polar surface area (TPSA) is 58.3 Å². The van der Waals surface area contributed by atoms with Crippen LogP contribution in [0.15, 0.2) is 36.4 Å². The third-order valence-electron chi connectivity index (χ3n) is 2.75. The van der Waals surface area contributed by atoms with Gasteiger partial charge in [0.2, 0.25) is 0 Å². The SMILES string of the molecule is Nc1cc(I)c(F)cc1NCc1cccc(CO)c1. The predicted molar refractivity (Wildman–Crippen MR) is 83.2 cm³/mol. The monoisotopic (exact) mass is 372 g/mol. The van der Waals surface area contributed by atoms with E-state index in [2.05, 4.69) is 5.32 Å². The van der Waals surface area contributed by atoms with Gasteiger partial charge < -0.3 is 16.2 Å². The van der Waals surface area contributed by atoms with Crippen LogP contribution < -0.4 is 11.1 Å². The Hall–Kier alpha value is -1.34. The molecule has 0 spiro atoms. The average Bonchev–Trinajstić information content (AvgIpc) is 2.41. The summed E-state index contributed by atoms with van der Waals surface area (Å²) in [7, 11) is 0. The molecule has 19 heavy (non-hydrogen) atoms. The van der Waals surface area contributed by atoms with Crippen LogP contribution in [0.1, 0.15) is 11.1 Å². The summed E-state index contributed by atoms with van der Waals surface area (Å²) in [5.41, 5.74) is 8.78. The van der Waals surface area contributed by atoms with Gasteiger partial charge in [-0.05, 0) is 39.8 Å². The number of hydrogen-bond donors (Lipinski definition) is 3. The first kappa shape index (κ1) is 14.1. The highest BCUT2D eigenvalue weighted by Gasteiger charge is 2.05. The molecule has 2 rings (SSSR count). The molecule has 0 atom stereocenters. The molecule has 0 fully saturated rings. The molecular formula is C14H14FIN2O. The Balaban J connectivity index is 2.12. The summed E-state index contributed by atoms with van der Waals surface area (Å²) in [4.78, 5) is 0. The quantitative estimate of drug-likeness (QED) is 0.571. The summed E-state index contributed by atoms with van der Waals surface area (Å²) in [6.07, 6.45) is 0. The molecule has 0 saturated carbocycles. The molecule has 2 aromatic carbocycles. The summed E-state index contributed by atoms with van der Waals surface area (Å²) in [6, 6.07) is 10.6. The van der Waals surface area contributed by atoms with Crippen molar-refractivity contribution in [3.8, 4) is 0 Å². The van der Waals surface area contributed by atoms with Crippen molar-refractivity contribution in [2.24, 2.45) is 0 Å². The van der Waals surface area contributed by atoms with Crippen LogP contribution in [-0.2, 0) is 13.2 Å². The molecule has 4 N–H and O–H groups in total. The molecule has 0 heterocycles. The van der Waals surface area contributed by atoms with E-state index in [4.69, 9.17) is 10.8 Å². The maximum absolute atomic E-state index is 13.5. The maximum atomic E-state index is 13.5. The first-order valence-corrected chi connectivity index (χ1v) is 6.85. The highest BCUT2D eigenvalue weighted by molar-refractivity contribution is 14.1. The Morgan fingerprint density at radius 3 is 2.68 bits per heavy atom. The van der Waals surface area contributed by atoms with Gasteiger partial charge >= 0.3 is 0 Å². The highest BCUT2D eigenvalue weighted by Crippen LogP contribution is 2.24. The fourth-order valence-electron chi connectivity index (χ4n) is 1.75. The summed E-state index contributed by atoms with van der Waals surface area (Å²) in [6.45, 7) is 0.534. The smallest absolute Gasteiger partial charge is 0.138 e. The lowest BCUT2D eigenvalue weighted by atomic mass is 10.1. The van der Waals surface area contributed by atoms with Crippen molar-refractivity contribution in [2.45, 2.75) is 13.2 Å². The Morgan fingerprint density at radius 2 is 1.95 bits per heavy atom. The van der Waals surface area contributed by atoms with E-state index < -0.39 is 0 Å². The van der Waals surface area contributed by atoms with Crippen LogP contribution in [-0.4, -0.2) is 5.11 Å². The van der Waals surface area contributed by atoms with Gasteiger partial charge in [-0.3, -0.25) is 0 Å². The first-order chi connectivity index (χ1) is 9.10. The lowest BCUT2D eigenvalue weighted by molar-refractivity contribution is 0.281. The standard InChI is InChI=1S/C14H14FIN2O/c15-11-5-14(13(17)6-12(11)16)18-7-9-2-1-3-10(4-9)8-19/h1-6,18-19H,7-8,17H2. The summed E-state index contributed by atoms with van der Waals surface area (Å²) < 4.78 is 14.0. The molecule has 0 saturated heterocycles. The third kappa shape index (κ3) is 3.57. The van der Waals surface area contributed by atoms with Crippen LogP contribution in [0.3, 0.4) is 0 Å². The number of nitrogens with two attached hydrogens (primary N) is 1. The molecule has 0 aliphatic carbocycles. The minimum Gasteiger partial charge on any atom is -0.397 e. The Kier molecular flexibility index (Phi) is 4.60. The van der Waals surface area contributed by atoms with Crippen LogP contribution in [0, 0.1) is 9.39 Å². The second-order valence-electron chi connectivity index (χ2n) is 4.19. The number of benzene rings is 2. The van der Waals surface area contributed by atoms with Crippen molar-refractivity contribution in [2.75, 3.05) is 11.1 Å². The molecule has 0 unspecified atom stereocenters.